The predicted octanol–water partition coefficient (Wildman–Crippen LogP) is 2.42. The summed E-state index contributed by atoms with van der Waals surface area (Å²) in [4.78, 5) is 0. The highest BCUT2D eigenvalue weighted by atomic mass is 16.5. The van der Waals surface area contributed by atoms with Crippen LogP contribution in [0.15, 0.2) is 30.3 Å². The van der Waals surface area contributed by atoms with Crippen LogP contribution >= 0.6 is 0 Å². The van der Waals surface area contributed by atoms with E-state index in [1.807, 2.05) is 49.0 Å². The topological polar surface area (TPSA) is 50.8 Å². The first kappa shape index (κ1) is 12.7. The maximum Gasteiger partial charge on any atom is 0.122 e. The van der Waals surface area contributed by atoms with E-state index >= 15 is 0 Å². The van der Waals surface area contributed by atoms with E-state index in [-0.39, 0.29) is 0 Å². The fourth-order valence-corrected chi connectivity index (χ4v) is 2.82. The maximum atomic E-state index is 9.67. The number of aryl methyl sites for hydroxylation is 2. The normalized spacial score (nSPS) is 20.9. The molecule has 1 aliphatic heterocycles. The van der Waals surface area contributed by atoms with Crippen molar-refractivity contribution in [2.75, 3.05) is 6.61 Å². The zero-order chi connectivity index (χ0) is 14.2. The molecule has 1 aromatic carbocycles. The van der Waals surface area contributed by atoms with Gasteiger partial charge in [0.1, 0.15) is 17.8 Å². The van der Waals surface area contributed by atoms with Gasteiger partial charge in [-0.2, -0.15) is 10.4 Å². The molecule has 0 fully saturated rings. The molecule has 0 aliphatic carbocycles. The summed E-state index contributed by atoms with van der Waals surface area (Å²) in [5.41, 5.74) is 2.66. The van der Waals surface area contributed by atoms with Gasteiger partial charge >= 0.3 is 0 Å². The second-order valence-corrected chi connectivity index (χ2v) is 5.54. The van der Waals surface area contributed by atoms with Gasteiger partial charge in [-0.15, -0.1) is 0 Å². The lowest BCUT2D eigenvalue weighted by atomic mass is 9.78. The summed E-state index contributed by atoms with van der Waals surface area (Å²) < 4.78 is 7.65. The van der Waals surface area contributed by atoms with E-state index in [0.717, 1.165) is 29.1 Å². The van der Waals surface area contributed by atoms with Crippen molar-refractivity contribution in [1.82, 2.24) is 9.78 Å². The van der Waals surface area contributed by atoms with Crippen LogP contribution in [0, 0.1) is 23.7 Å². The van der Waals surface area contributed by atoms with Crippen molar-refractivity contribution < 1.29 is 4.74 Å². The van der Waals surface area contributed by atoms with Crippen LogP contribution in [0.25, 0.3) is 0 Å². The minimum Gasteiger partial charge on any atom is -0.492 e. The maximum absolute atomic E-state index is 9.67. The minimum atomic E-state index is -0.505. The standard InChI is InChI=1S/C16H17N3O/c1-12-7-14(19(2)18-12)9-16(10-17)8-13-5-3-4-6-15(13)20-11-16/h3-7H,8-9,11H2,1-2H3. The lowest BCUT2D eigenvalue weighted by Crippen LogP contribution is -2.36. The lowest BCUT2D eigenvalue weighted by Gasteiger charge is -2.32. The Hall–Kier alpha value is -2.28. The molecular weight excluding hydrogens is 250 g/mol. The highest BCUT2D eigenvalue weighted by molar-refractivity contribution is 5.38. The number of para-hydroxylation sites is 1. The number of fused-ring (bicyclic) bond motifs is 1. The molecule has 4 nitrogen and oxygen atoms in total. The quantitative estimate of drug-likeness (QED) is 0.839. The molecule has 0 saturated heterocycles. The van der Waals surface area contributed by atoms with Crippen molar-refractivity contribution in [3.63, 3.8) is 0 Å². The molecule has 0 N–H and O–H groups in total. The van der Waals surface area contributed by atoms with Crippen molar-refractivity contribution in [1.29, 1.82) is 5.26 Å². The molecular formula is C16H17N3O. The Kier molecular flexibility index (Phi) is 2.98. The second-order valence-electron chi connectivity index (χ2n) is 5.54. The average molecular weight is 267 g/mol. The van der Waals surface area contributed by atoms with Gasteiger partial charge in [0.25, 0.3) is 0 Å². The van der Waals surface area contributed by atoms with E-state index in [1.54, 1.807) is 0 Å². The number of ether oxygens (including phenoxy) is 1. The molecule has 0 amide bonds. The van der Waals surface area contributed by atoms with Crippen LogP contribution in [0.4, 0.5) is 0 Å². The zero-order valence-electron chi connectivity index (χ0n) is 11.8. The third kappa shape index (κ3) is 2.16. The Bertz CT molecular complexity index is 683. The molecule has 0 spiro atoms. The summed E-state index contributed by atoms with van der Waals surface area (Å²) >= 11 is 0. The van der Waals surface area contributed by atoms with Gasteiger partial charge in [-0.05, 0) is 31.0 Å². The fraction of sp³-hybridized carbons (Fsp3) is 0.375. The smallest absolute Gasteiger partial charge is 0.122 e. The molecule has 4 heteroatoms. The monoisotopic (exact) mass is 267 g/mol. The van der Waals surface area contributed by atoms with E-state index in [1.165, 1.54) is 0 Å². The molecule has 0 radical (unpaired) electrons. The van der Waals surface area contributed by atoms with Crippen LogP contribution in [0.2, 0.25) is 0 Å². The Morgan fingerprint density at radius 3 is 2.95 bits per heavy atom. The number of hydrogen-bond donors (Lipinski definition) is 0. The molecule has 2 aromatic rings. The van der Waals surface area contributed by atoms with E-state index in [2.05, 4.69) is 11.2 Å². The van der Waals surface area contributed by atoms with Crippen molar-refractivity contribution in [2.24, 2.45) is 12.5 Å². The zero-order valence-corrected chi connectivity index (χ0v) is 11.8. The van der Waals surface area contributed by atoms with Crippen LogP contribution in [-0.4, -0.2) is 16.4 Å². The molecule has 1 unspecified atom stereocenters. The largest absolute Gasteiger partial charge is 0.492 e. The SMILES string of the molecule is Cc1cc(CC2(C#N)COc3ccccc3C2)n(C)n1. The van der Waals surface area contributed by atoms with Gasteiger partial charge in [0, 0.05) is 19.2 Å². The van der Waals surface area contributed by atoms with Gasteiger partial charge in [0.2, 0.25) is 0 Å². The van der Waals surface area contributed by atoms with Crippen molar-refractivity contribution in [3.05, 3.63) is 47.3 Å². The van der Waals surface area contributed by atoms with Gasteiger partial charge < -0.3 is 4.74 Å². The molecule has 1 atom stereocenters. The van der Waals surface area contributed by atoms with E-state index in [0.29, 0.717) is 13.0 Å². The average Bonchev–Trinajstić information content (AvgIpc) is 2.76. The van der Waals surface area contributed by atoms with Crippen molar-refractivity contribution in [2.45, 2.75) is 19.8 Å². The van der Waals surface area contributed by atoms with Crippen molar-refractivity contribution in [3.8, 4) is 11.8 Å². The van der Waals surface area contributed by atoms with Gasteiger partial charge in [-0.3, -0.25) is 4.68 Å². The first-order valence-electron chi connectivity index (χ1n) is 6.73. The Morgan fingerprint density at radius 2 is 2.25 bits per heavy atom. The van der Waals surface area contributed by atoms with Crippen LogP contribution in [-0.2, 0) is 19.9 Å². The van der Waals surface area contributed by atoms with Gasteiger partial charge in [0.05, 0.1) is 11.8 Å². The Labute approximate surface area is 118 Å². The third-order valence-corrected chi connectivity index (χ3v) is 3.86. The predicted molar refractivity (Wildman–Crippen MR) is 75.3 cm³/mol. The van der Waals surface area contributed by atoms with Crippen LogP contribution in [0.5, 0.6) is 5.75 Å². The van der Waals surface area contributed by atoms with E-state index < -0.39 is 5.41 Å². The summed E-state index contributed by atoms with van der Waals surface area (Å²) in [5.74, 6) is 0.902. The summed E-state index contributed by atoms with van der Waals surface area (Å²) in [7, 11) is 1.92. The van der Waals surface area contributed by atoms with Crippen molar-refractivity contribution >= 4 is 0 Å². The third-order valence-electron chi connectivity index (χ3n) is 3.86. The number of hydrogen-bond acceptors (Lipinski definition) is 3. The number of rotatable bonds is 2. The Balaban J connectivity index is 1.91. The molecule has 1 aromatic heterocycles. The lowest BCUT2D eigenvalue weighted by molar-refractivity contribution is 0.167. The van der Waals surface area contributed by atoms with E-state index in [9.17, 15) is 5.26 Å². The number of nitriles is 1. The molecule has 102 valence electrons. The fourth-order valence-electron chi connectivity index (χ4n) is 2.82. The second kappa shape index (κ2) is 4.68. The van der Waals surface area contributed by atoms with Gasteiger partial charge in [0.15, 0.2) is 0 Å². The number of benzene rings is 1. The first-order valence-corrected chi connectivity index (χ1v) is 6.73. The summed E-state index contributed by atoms with van der Waals surface area (Å²) in [6.07, 6.45) is 1.39. The highest BCUT2D eigenvalue weighted by Gasteiger charge is 2.37. The van der Waals surface area contributed by atoms with Crippen LogP contribution < -0.4 is 4.74 Å². The molecule has 20 heavy (non-hydrogen) atoms. The van der Waals surface area contributed by atoms with E-state index in [4.69, 9.17) is 4.74 Å². The molecule has 0 bridgehead atoms. The minimum absolute atomic E-state index is 0.435. The van der Waals surface area contributed by atoms with Crippen LogP contribution in [0.1, 0.15) is 17.0 Å². The number of aromatic nitrogens is 2. The molecule has 2 heterocycles. The summed E-state index contributed by atoms with van der Waals surface area (Å²) in [6.45, 7) is 2.40. The van der Waals surface area contributed by atoms with Gasteiger partial charge in [-0.25, -0.2) is 0 Å². The Morgan fingerprint density at radius 1 is 1.45 bits per heavy atom. The molecule has 0 saturated carbocycles. The summed E-state index contributed by atoms with van der Waals surface area (Å²) in [5, 5.41) is 14.0. The first-order chi connectivity index (χ1) is 9.62. The summed E-state index contributed by atoms with van der Waals surface area (Å²) in [6, 6.07) is 12.5. The highest BCUT2D eigenvalue weighted by Crippen LogP contribution is 2.36. The van der Waals surface area contributed by atoms with Crippen LogP contribution in [0.3, 0.4) is 0 Å². The van der Waals surface area contributed by atoms with Gasteiger partial charge in [-0.1, -0.05) is 18.2 Å². The molecule has 1 aliphatic rings. The molecule has 3 rings (SSSR count). The number of nitrogens with zero attached hydrogens (tertiary/aromatic N) is 3.